The van der Waals surface area contributed by atoms with Crippen molar-refractivity contribution in [3.8, 4) is 0 Å². The number of nitrogens with two attached hydrogens (primary N) is 1. The summed E-state index contributed by atoms with van der Waals surface area (Å²) in [6.07, 6.45) is 14.0. The molecule has 8 N–H and O–H groups in total. The summed E-state index contributed by atoms with van der Waals surface area (Å²) in [5.41, 5.74) is 5.20. The van der Waals surface area contributed by atoms with Crippen molar-refractivity contribution in [2.75, 3.05) is 26.2 Å². The maximum Gasteiger partial charge on any atom is 0.220 e. The number of nitrogens with one attached hydrogen (secondary N) is 2. The van der Waals surface area contributed by atoms with Gasteiger partial charge in [-0.1, -0.05) is 89.9 Å². The van der Waals surface area contributed by atoms with Gasteiger partial charge in [-0.05, 0) is 19.3 Å². The van der Waals surface area contributed by atoms with E-state index in [1.54, 1.807) is 0 Å². The van der Waals surface area contributed by atoms with Gasteiger partial charge in [-0.15, -0.1) is 0 Å². The zero-order valence-electron chi connectivity index (χ0n) is 30.3. The Kier molecular flexibility index (Phi) is 26.8. The van der Waals surface area contributed by atoms with Crippen LogP contribution in [0.25, 0.3) is 0 Å². The third-order valence-corrected chi connectivity index (χ3v) is 9.33. The molecule has 2 amide bonds. The zero-order valence-corrected chi connectivity index (χ0v) is 30.3. The van der Waals surface area contributed by atoms with Gasteiger partial charge < -0.3 is 41.5 Å². The number of carbonyl (C=O) groups excluding carboxylic acids is 5. The van der Waals surface area contributed by atoms with Gasteiger partial charge in [0.15, 0.2) is 5.78 Å². The highest BCUT2D eigenvalue weighted by atomic mass is 16.5. The van der Waals surface area contributed by atoms with Crippen LogP contribution < -0.4 is 16.4 Å². The van der Waals surface area contributed by atoms with Crippen LogP contribution in [0.3, 0.4) is 0 Å². The molecule has 0 radical (unpaired) electrons. The Morgan fingerprint density at radius 3 is 1.48 bits per heavy atom. The Hall–Kier alpha value is -2.29. The summed E-state index contributed by atoms with van der Waals surface area (Å²) in [7, 11) is 0. The summed E-state index contributed by atoms with van der Waals surface area (Å²) in [5, 5.41) is 44.4. The van der Waals surface area contributed by atoms with E-state index < -0.39 is 37.1 Å². The van der Waals surface area contributed by atoms with Gasteiger partial charge in [-0.3, -0.25) is 24.0 Å². The van der Waals surface area contributed by atoms with E-state index in [4.69, 9.17) is 10.5 Å². The third kappa shape index (κ3) is 22.5. The van der Waals surface area contributed by atoms with Crippen molar-refractivity contribution < 1.29 is 49.1 Å². The van der Waals surface area contributed by atoms with E-state index in [1.165, 1.54) is 57.8 Å². The standard InChI is InChI=1S/C37H67N3O10/c38-25-29(43)21-22-34(46)40-26-30(44)19-17-23-39-33(45)20-16-14-12-10-8-6-4-2-1-3-5-7-9-11-13-15-18-28(42)24-31-35(47)37(49)36(48)32(27-41)50-31/h31-32,35-37,41,47-49H,1-27,38H2,(H,39,45)(H,40,46). The number of aliphatic hydroxyl groups is 4. The van der Waals surface area contributed by atoms with Gasteiger partial charge >= 0.3 is 0 Å². The molecule has 5 atom stereocenters. The molecule has 0 spiro atoms. The van der Waals surface area contributed by atoms with E-state index in [0.29, 0.717) is 25.8 Å². The summed E-state index contributed by atoms with van der Waals surface area (Å²) in [6.45, 7) is -0.208. The Balaban J connectivity index is 1.83. The van der Waals surface area contributed by atoms with Crippen LogP contribution in [0.2, 0.25) is 0 Å². The van der Waals surface area contributed by atoms with Gasteiger partial charge in [0.1, 0.15) is 36.0 Å². The molecule has 1 rings (SSSR count). The van der Waals surface area contributed by atoms with E-state index in [0.717, 1.165) is 44.9 Å². The second-order valence-corrected chi connectivity index (χ2v) is 13.8. The van der Waals surface area contributed by atoms with E-state index >= 15 is 0 Å². The number of amides is 2. The molecule has 1 fully saturated rings. The average molecular weight is 714 g/mol. The van der Waals surface area contributed by atoms with Gasteiger partial charge in [-0.2, -0.15) is 0 Å². The quantitative estimate of drug-likeness (QED) is 0.0502. The maximum atomic E-state index is 12.3. The minimum Gasteiger partial charge on any atom is -0.394 e. The minimum atomic E-state index is -1.44. The molecule has 0 aliphatic carbocycles. The molecule has 5 unspecified atom stereocenters. The molecule has 0 aromatic carbocycles. The van der Waals surface area contributed by atoms with E-state index in [-0.39, 0.29) is 67.9 Å². The van der Waals surface area contributed by atoms with Crippen molar-refractivity contribution in [2.24, 2.45) is 5.73 Å². The average Bonchev–Trinajstić information content (AvgIpc) is 3.11. The lowest BCUT2D eigenvalue weighted by Crippen LogP contribution is -2.58. The molecule has 13 nitrogen and oxygen atoms in total. The van der Waals surface area contributed by atoms with Gasteiger partial charge in [0, 0.05) is 45.1 Å². The molecule has 1 aliphatic rings. The second kappa shape index (κ2) is 29.3. The van der Waals surface area contributed by atoms with E-state index in [2.05, 4.69) is 10.6 Å². The van der Waals surface area contributed by atoms with Gasteiger partial charge in [-0.25, -0.2) is 0 Å². The molecule has 0 bridgehead atoms. The van der Waals surface area contributed by atoms with Crippen LogP contribution in [0, 0.1) is 0 Å². The summed E-state index contributed by atoms with van der Waals surface area (Å²) in [5.74, 6) is -0.683. The first-order valence-electron chi connectivity index (χ1n) is 19.2. The molecule has 13 heteroatoms. The summed E-state index contributed by atoms with van der Waals surface area (Å²) in [4.78, 5) is 58.9. The van der Waals surface area contributed by atoms with Crippen molar-refractivity contribution >= 4 is 29.2 Å². The van der Waals surface area contributed by atoms with Crippen molar-refractivity contribution in [1.29, 1.82) is 0 Å². The van der Waals surface area contributed by atoms with Gasteiger partial charge in [0.05, 0.1) is 25.8 Å². The number of ketones is 3. The normalized spacial score (nSPS) is 20.4. The topological polar surface area (TPSA) is 226 Å². The number of carbonyl (C=O) groups is 5. The number of hydrogen-bond donors (Lipinski definition) is 7. The van der Waals surface area contributed by atoms with Crippen LogP contribution in [0.15, 0.2) is 0 Å². The largest absolute Gasteiger partial charge is 0.394 e. The molecule has 0 aromatic heterocycles. The Labute approximate surface area is 298 Å². The van der Waals surface area contributed by atoms with E-state index in [9.17, 15) is 44.4 Å². The summed E-state index contributed by atoms with van der Waals surface area (Å²) in [6, 6.07) is 0. The molecule has 0 aromatic rings. The Bertz CT molecular complexity index is 964. The van der Waals surface area contributed by atoms with Crippen molar-refractivity contribution in [3.63, 3.8) is 0 Å². The molecular formula is C37H67N3O10. The lowest BCUT2D eigenvalue weighted by atomic mass is 9.92. The van der Waals surface area contributed by atoms with Crippen LogP contribution in [0.1, 0.15) is 148 Å². The zero-order chi connectivity index (χ0) is 37.0. The Morgan fingerprint density at radius 1 is 0.500 bits per heavy atom. The summed E-state index contributed by atoms with van der Waals surface area (Å²) >= 11 is 0. The first-order chi connectivity index (χ1) is 24.1. The van der Waals surface area contributed by atoms with Crippen molar-refractivity contribution in [1.82, 2.24) is 10.6 Å². The number of rotatable bonds is 32. The highest BCUT2D eigenvalue weighted by molar-refractivity contribution is 5.89. The molecule has 1 aliphatic heterocycles. The SMILES string of the molecule is NCC(=O)CCC(=O)NCC(=O)CCCNC(=O)CCCCCCCCCCCCCCCCCCC(=O)CC1OC(CO)C(O)C(O)C1O. The number of ether oxygens (including phenoxy) is 1. The summed E-state index contributed by atoms with van der Waals surface area (Å²) < 4.78 is 5.42. The minimum absolute atomic E-state index is 0.00913. The molecule has 1 heterocycles. The second-order valence-electron chi connectivity index (χ2n) is 13.8. The predicted octanol–water partition coefficient (Wildman–Crippen LogP) is 2.70. The van der Waals surface area contributed by atoms with Crippen LogP contribution in [-0.2, 0) is 28.7 Å². The first-order valence-corrected chi connectivity index (χ1v) is 19.2. The Morgan fingerprint density at radius 2 is 0.960 bits per heavy atom. The van der Waals surface area contributed by atoms with Crippen molar-refractivity contribution in [2.45, 2.75) is 178 Å². The molecular weight excluding hydrogens is 646 g/mol. The van der Waals surface area contributed by atoms with E-state index in [1.807, 2.05) is 0 Å². The number of hydrogen-bond acceptors (Lipinski definition) is 11. The first kappa shape index (κ1) is 45.7. The maximum absolute atomic E-state index is 12.3. The number of unbranched alkanes of at least 4 members (excludes halogenated alkanes) is 15. The van der Waals surface area contributed by atoms with Crippen LogP contribution in [0.4, 0.5) is 0 Å². The predicted molar refractivity (Wildman–Crippen MR) is 190 cm³/mol. The third-order valence-electron chi connectivity index (χ3n) is 9.33. The smallest absolute Gasteiger partial charge is 0.220 e. The molecule has 290 valence electrons. The fourth-order valence-corrected chi connectivity index (χ4v) is 6.09. The number of aliphatic hydroxyl groups excluding tert-OH is 4. The van der Waals surface area contributed by atoms with Crippen LogP contribution >= 0.6 is 0 Å². The molecule has 50 heavy (non-hydrogen) atoms. The van der Waals surface area contributed by atoms with Gasteiger partial charge in [0.2, 0.25) is 11.8 Å². The fourth-order valence-electron chi connectivity index (χ4n) is 6.09. The van der Waals surface area contributed by atoms with Crippen LogP contribution in [-0.4, -0.2) is 106 Å². The highest BCUT2D eigenvalue weighted by Gasteiger charge is 2.43. The monoisotopic (exact) mass is 713 g/mol. The highest BCUT2D eigenvalue weighted by Crippen LogP contribution is 2.24. The lowest BCUT2D eigenvalue weighted by molar-refractivity contribution is -0.229. The lowest BCUT2D eigenvalue weighted by Gasteiger charge is -2.39. The molecule has 0 saturated carbocycles. The van der Waals surface area contributed by atoms with Gasteiger partial charge in [0.25, 0.3) is 0 Å². The molecule has 1 saturated heterocycles. The fraction of sp³-hybridized carbons (Fsp3) is 0.865. The number of Topliss-reactive ketones (excluding diaryl/α,β-unsaturated/α-hetero) is 3. The van der Waals surface area contributed by atoms with Crippen LogP contribution in [0.5, 0.6) is 0 Å². The van der Waals surface area contributed by atoms with Crippen molar-refractivity contribution in [3.05, 3.63) is 0 Å².